The summed E-state index contributed by atoms with van der Waals surface area (Å²) < 4.78 is 14.3. The van der Waals surface area contributed by atoms with Crippen molar-refractivity contribution in [3.05, 3.63) is 35.6 Å². The minimum atomic E-state index is -0.612. The molecule has 0 amide bonds. The van der Waals surface area contributed by atoms with E-state index >= 15 is 0 Å². The molecule has 3 rings (SSSR count). The number of hydrogen-bond acceptors (Lipinski definition) is 3. The van der Waals surface area contributed by atoms with E-state index in [-0.39, 0.29) is 17.7 Å². The zero-order chi connectivity index (χ0) is 23.1. The summed E-state index contributed by atoms with van der Waals surface area (Å²) in [6.07, 6.45) is 9.14. The molecule has 5 atom stereocenters. The van der Waals surface area contributed by atoms with E-state index in [4.69, 9.17) is 0 Å². The highest BCUT2D eigenvalue weighted by Gasteiger charge is 2.52. The van der Waals surface area contributed by atoms with Crippen molar-refractivity contribution < 1.29 is 4.39 Å². The van der Waals surface area contributed by atoms with Crippen LogP contribution in [0.3, 0.4) is 0 Å². The number of hydrogen-bond donors (Lipinski definition) is 1. The van der Waals surface area contributed by atoms with Gasteiger partial charge >= 0.3 is 0 Å². The van der Waals surface area contributed by atoms with Crippen molar-refractivity contribution in [1.82, 2.24) is 10.2 Å². The highest BCUT2D eigenvalue weighted by molar-refractivity contribution is 5.37. The van der Waals surface area contributed by atoms with E-state index < -0.39 is 5.41 Å². The van der Waals surface area contributed by atoms with E-state index in [1.165, 1.54) is 31.9 Å². The van der Waals surface area contributed by atoms with E-state index in [0.717, 1.165) is 62.6 Å². The number of nitrogens with one attached hydrogen (secondary N) is 1. The summed E-state index contributed by atoms with van der Waals surface area (Å²) in [6.45, 7) is 10.3. The number of halogens is 1. The molecular weight excluding hydrogens is 397 g/mol. The molecule has 1 saturated heterocycles. The zero-order valence-electron chi connectivity index (χ0n) is 20.7. The molecule has 2 aliphatic rings. The fraction of sp³-hybridized carbons (Fsp3) is 0.750. The quantitative estimate of drug-likeness (QED) is 0.473. The number of benzene rings is 1. The molecule has 4 heteroatoms. The molecule has 0 radical (unpaired) electrons. The smallest absolute Gasteiger partial charge is 0.123 e. The first-order valence-corrected chi connectivity index (χ1v) is 13.0. The Hall–Kier alpha value is -1.44. The molecule has 0 bridgehead atoms. The van der Waals surface area contributed by atoms with Crippen molar-refractivity contribution in [1.29, 1.82) is 5.26 Å². The van der Waals surface area contributed by atoms with E-state index in [0.29, 0.717) is 6.04 Å². The van der Waals surface area contributed by atoms with Gasteiger partial charge in [-0.1, -0.05) is 52.2 Å². The van der Waals surface area contributed by atoms with Gasteiger partial charge in [0, 0.05) is 12.6 Å². The third kappa shape index (κ3) is 5.37. The van der Waals surface area contributed by atoms with Gasteiger partial charge in [0.25, 0.3) is 0 Å². The van der Waals surface area contributed by atoms with Crippen molar-refractivity contribution in [2.45, 2.75) is 83.6 Å². The topological polar surface area (TPSA) is 39.1 Å². The number of nitrogens with zero attached hydrogens (tertiary/aromatic N) is 2. The second-order valence-corrected chi connectivity index (χ2v) is 10.5. The standard InChI is InChI=1S/C28H44FN3/c1-5-21(3)17-22(6-2)19-32-15-13-23(14-16-32)28(20-30,24-9-7-10-25(29)18-24)26-11-8-12-27(26)31-4/h7,9-10,18,21-23,26-27,31H,5-6,8,11-17,19H2,1-4H3. The molecule has 1 aliphatic heterocycles. The van der Waals surface area contributed by atoms with Gasteiger partial charge in [-0.25, -0.2) is 4.39 Å². The van der Waals surface area contributed by atoms with Crippen LogP contribution in [0.1, 0.15) is 77.7 Å². The molecule has 32 heavy (non-hydrogen) atoms. The lowest BCUT2D eigenvalue weighted by molar-refractivity contribution is 0.0964. The molecule has 0 aromatic heterocycles. The van der Waals surface area contributed by atoms with Gasteiger partial charge in [0.05, 0.1) is 11.5 Å². The minimum Gasteiger partial charge on any atom is -0.317 e. The van der Waals surface area contributed by atoms with Crippen LogP contribution >= 0.6 is 0 Å². The molecule has 1 N–H and O–H groups in total. The molecule has 0 spiro atoms. The molecule has 2 fully saturated rings. The predicted molar refractivity (Wildman–Crippen MR) is 131 cm³/mol. The van der Waals surface area contributed by atoms with Gasteiger partial charge in [-0.3, -0.25) is 0 Å². The van der Waals surface area contributed by atoms with Crippen LogP contribution < -0.4 is 5.32 Å². The van der Waals surface area contributed by atoms with Crippen LogP contribution in [0.5, 0.6) is 0 Å². The third-order valence-corrected chi connectivity index (χ3v) is 8.72. The van der Waals surface area contributed by atoms with Gasteiger partial charge in [-0.05, 0) is 93.6 Å². The monoisotopic (exact) mass is 441 g/mol. The van der Waals surface area contributed by atoms with Gasteiger partial charge in [-0.2, -0.15) is 5.26 Å². The lowest BCUT2D eigenvalue weighted by Gasteiger charge is -2.46. The summed E-state index contributed by atoms with van der Waals surface area (Å²) in [5, 5.41) is 14.2. The zero-order valence-corrected chi connectivity index (χ0v) is 20.7. The Labute approximate surface area is 195 Å². The molecule has 5 unspecified atom stereocenters. The lowest BCUT2D eigenvalue weighted by atomic mass is 9.59. The van der Waals surface area contributed by atoms with E-state index in [9.17, 15) is 9.65 Å². The first-order chi connectivity index (χ1) is 15.5. The molecule has 1 aromatic rings. The fourth-order valence-electron chi connectivity index (χ4n) is 6.63. The summed E-state index contributed by atoms with van der Waals surface area (Å²) in [6, 6.07) is 10.1. The Bertz CT molecular complexity index is 751. The van der Waals surface area contributed by atoms with Crippen LogP contribution in [-0.2, 0) is 5.41 Å². The molecule has 1 heterocycles. The van der Waals surface area contributed by atoms with Crippen LogP contribution in [0.25, 0.3) is 0 Å². The van der Waals surface area contributed by atoms with E-state index in [1.54, 1.807) is 12.1 Å². The summed E-state index contributed by atoms with van der Waals surface area (Å²) >= 11 is 0. The molecular formula is C28H44FN3. The van der Waals surface area contributed by atoms with Crippen LogP contribution in [0.15, 0.2) is 24.3 Å². The van der Waals surface area contributed by atoms with Gasteiger partial charge < -0.3 is 10.2 Å². The molecule has 3 nitrogen and oxygen atoms in total. The third-order valence-electron chi connectivity index (χ3n) is 8.72. The second kappa shape index (κ2) is 11.6. The summed E-state index contributed by atoms with van der Waals surface area (Å²) in [4.78, 5) is 2.63. The Kier molecular flexibility index (Phi) is 9.14. The molecule has 178 valence electrons. The Morgan fingerprint density at radius 3 is 2.53 bits per heavy atom. The summed E-state index contributed by atoms with van der Waals surface area (Å²) in [5.74, 6) is 1.84. The number of rotatable bonds is 10. The predicted octanol–water partition coefficient (Wildman–Crippen LogP) is 6.15. The van der Waals surface area contributed by atoms with E-state index in [1.807, 2.05) is 13.1 Å². The first kappa shape index (κ1) is 25.2. The SMILES string of the molecule is CCC(C)CC(CC)CN1CCC(C(C#N)(c2cccc(F)c2)C2CCCC2NC)CC1. The largest absolute Gasteiger partial charge is 0.317 e. The van der Waals surface area contributed by atoms with Gasteiger partial charge in [0.15, 0.2) is 0 Å². The number of likely N-dealkylation sites (tertiary alicyclic amines) is 1. The van der Waals surface area contributed by atoms with Crippen molar-refractivity contribution >= 4 is 0 Å². The minimum absolute atomic E-state index is 0.227. The first-order valence-electron chi connectivity index (χ1n) is 13.0. The maximum absolute atomic E-state index is 14.3. The normalized spacial score (nSPS) is 26.4. The lowest BCUT2D eigenvalue weighted by Crippen LogP contribution is -2.51. The number of piperidine rings is 1. The van der Waals surface area contributed by atoms with Crippen LogP contribution in [0, 0.1) is 40.8 Å². The Morgan fingerprint density at radius 1 is 1.19 bits per heavy atom. The maximum atomic E-state index is 14.3. The van der Waals surface area contributed by atoms with Crippen LogP contribution in [0.4, 0.5) is 4.39 Å². The maximum Gasteiger partial charge on any atom is 0.123 e. The van der Waals surface area contributed by atoms with Gasteiger partial charge in [0.1, 0.15) is 5.82 Å². The Morgan fingerprint density at radius 2 is 1.94 bits per heavy atom. The van der Waals surface area contributed by atoms with Crippen LogP contribution in [0.2, 0.25) is 0 Å². The average Bonchev–Trinajstić information content (AvgIpc) is 3.29. The average molecular weight is 442 g/mol. The summed E-state index contributed by atoms with van der Waals surface area (Å²) in [5.41, 5.74) is 0.285. The van der Waals surface area contributed by atoms with Crippen molar-refractivity contribution in [2.24, 2.45) is 23.7 Å². The van der Waals surface area contributed by atoms with Crippen molar-refractivity contribution in [3.63, 3.8) is 0 Å². The van der Waals surface area contributed by atoms with Gasteiger partial charge in [-0.15, -0.1) is 0 Å². The van der Waals surface area contributed by atoms with Gasteiger partial charge in [0.2, 0.25) is 0 Å². The number of nitriles is 1. The second-order valence-electron chi connectivity index (χ2n) is 10.5. The van der Waals surface area contributed by atoms with E-state index in [2.05, 4.69) is 37.1 Å². The summed E-state index contributed by atoms with van der Waals surface area (Å²) in [7, 11) is 2.02. The molecule has 1 aliphatic carbocycles. The molecule has 1 aromatic carbocycles. The highest BCUT2D eigenvalue weighted by Crippen LogP contribution is 2.50. The van der Waals surface area contributed by atoms with Crippen molar-refractivity contribution in [3.8, 4) is 6.07 Å². The van der Waals surface area contributed by atoms with Crippen LogP contribution in [-0.4, -0.2) is 37.6 Å². The fourth-order valence-corrected chi connectivity index (χ4v) is 6.63. The molecule has 1 saturated carbocycles. The van der Waals surface area contributed by atoms with Crippen molar-refractivity contribution in [2.75, 3.05) is 26.7 Å². The highest BCUT2D eigenvalue weighted by atomic mass is 19.1. The Balaban J connectivity index is 1.80.